The van der Waals surface area contributed by atoms with Gasteiger partial charge in [0.2, 0.25) is 0 Å². The van der Waals surface area contributed by atoms with E-state index in [1.54, 1.807) is 0 Å². The molecule has 0 atom stereocenters. The largest absolute Gasteiger partial charge is 0.493 e. The average Bonchev–Trinajstić information content (AvgIpc) is 3.02. The van der Waals surface area contributed by atoms with Crippen LogP contribution in [0.1, 0.15) is 34.3 Å². The molecule has 2 aliphatic rings. The molecule has 2 heterocycles. The number of rotatable bonds is 4. The number of carbonyl (C=O) groups is 1. The lowest BCUT2D eigenvalue weighted by Gasteiger charge is -2.10. The lowest BCUT2D eigenvalue weighted by Crippen LogP contribution is -2.02. The lowest BCUT2D eigenvalue weighted by atomic mass is 10.1. The van der Waals surface area contributed by atoms with Crippen LogP contribution in [0.5, 0.6) is 5.75 Å². The summed E-state index contributed by atoms with van der Waals surface area (Å²) in [5.74, 6) is 1.50. The van der Waals surface area contributed by atoms with E-state index >= 15 is 0 Å². The maximum atomic E-state index is 12.1. The van der Waals surface area contributed by atoms with Gasteiger partial charge in [0, 0.05) is 40.9 Å². The number of hydrogen-bond donors (Lipinski definition) is 0. The SMILES string of the molecule is O=C(c1ccn(Cc2cc(Cl)cc3c2OCC3)c1)C1CC1. The third-order valence-electron chi connectivity index (χ3n) is 4.16. The van der Waals surface area contributed by atoms with Gasteiger partial charge in [-0.25, -0.2) is 0 Å². The molecule has 3 nitrogen and oxygen atoms in total. The minimum absolute atomic E-state index is 0.264. The van der Waals surface area contributed by atoms with Gasteiger partial charge >= 0.3 is 0 Å². The van der Waals surface area contributed by atoms with Crippen molar-refractivity contribution in [3.63, 3.8) is 0 Å². The van der Waals surface area contributed by atoms with E-state index in [1.165, 1.54) is 5.56 Å². The number of benzene rings is 1. The van der Waals surface area contributed by atoms with Crippen molar-refractivity contribution >= 4 is 17.4 Å². The predicted molar refractivity (Wildman–Crippen MR) is 81.2 cm³/mol. The summed E-state index contributed by atoms with van der Waals surface area (Å²) >= 11 is 6.18. The van der Waals surface area contributed by atoms with E-state index < -0.39 is 0 Å². The van der Waals surface area contributed by atoms with Gasteiger partial charge in [-0.05, 0) is 36.6 Å². The molecule has 0 saturated heterocycles. The molecule has 0 unspecified atom stereocenters. The zero-order chi connectivity index (χ0) is 14.4. The number of Topliss-reactive ketones (excluding diaryl/α,β-unsaturated/α-hetero) is 1. The molecule has 2 aromatic rings. The molecule has 1 aliphatic heterocycles. The van der Waals surface area contributed by atoms with Crippen LogP contribution in [0.4, 0.5) is 0 Å². The Morgan fingerprint density at radius 1 is 1.38 bits per heavy atom. The molecule has 4 rings (SSSR count). The van der Waals surface area contributed by atoms with Crippen molar-refractivity contribution in [1.29, 1.82) is 0 Å². The first kappa shape index (κ1) is 13.0. The van der Waals surface area contributed by atoms with Gasteiger partial charge in [0.1, 0.15) is 5.75 Å². The highest BCUT2D eigenvalue weighted by atomic mass is 35.5. The maximum Gasteiger partial charge on any atom is 0.167 e. The Hall–Kier alpha value is -1.74. The lowest BCUT2D eigenvalue weighted by molar-refractivity contribution is 0.0967. The molecule has 1 aromatic carbocycles. The number of carbonyl (C=O) groups excluding carboxylic acids is 1. The monoisotopic (exact) mass is 301 g/mol. The quantitative estimate of drug-likeness (QED) is 0.806. The van der Waals surface area contributed by atoms with E-state index in [2.05, 4.69) is 0 Å². The predicted octanol–water partition coefficient (Wildman–Crippen LogP) is 3.72. The highest BCUT2D eigenvalue weighted by molar-refractivity contribution is 6.30. The second-order valence-electron chi connectivity index (χ2n) is 5.86. The standard InChI is InChI=1S/C17H16ClNO2/c18-15-7-12-4-6-21-17(12)14(8-15)10-19-5-3-13(9-19)16(20)11-1-2-11/h3,5,7-9,11H,1-2,4,6,10H2. The molecule has 0 amide bonds. The molecule has 0 radical (unpaired) electrons. The Labute approximate surface area is 128 Å². The minimum atomic E-state index is 0.264. The molecule has 1 aromatic heterocycles. The van der Waals surface area contributed by atoms with Crippen molar-refractivity contribution in [2.24, 2.45) is 5.92 Å². The van der Waals surface area contributed by atoms with E-state index in [0.717, 1.165) is 47.8 Å². The van der Waals surface area contributed by atoms with Crippen LogP contribution in [0, 0.1) is 5.92 Å². The third kappa shape index (κ3) is 2.46. The Morgan fingerprint density at radius 2 is 2.24 bits per heavy atom. The summed E-state index contributed by atoms with van der Waals surface area (Å²) in [5, 5.41) is 0.746. The highest BCUT2D eigenvalue weighted by Gasteiger charge is 2.30. The van der Waals surface area contributed by atoms with Crippen LogP contribution < -0.4 is 4.74 Å². The fourth-order valence-corrected chi connectivity index (χ4v) is 3.19. The first-order valence-electron chi connectivity index (χ1n) is 7.35. The molecule has 0 N–H and O–H groups in total. The number of nitrogens with zero attached hydrogens (tertiary/aromatic N) is 1. The van der Waals surface area contributed by atoms with Crippen LogP contribution in [0.2, 0.25) is 5.02 Å². The third-order valence-corrected chi connectivity index (χ3v) is 4.38. The second kappa shape index (κ2) is 4.92. The number of hydrogen-bond acceptors (Lipinski definition) is 2. The molecular weight excluding hydrogens is 286 g/mol. The molecular formula is C17H16ClNO2. The van der Waals surface area contributed by atoms with Gasteiger partial charge < -0.3 is 9.30 Å². The summed E-state index contributed by atoms with van der Waals surface area (Å²) in [6.07, 6.45) is 6.89. The molecule has 1 fully saturated rings. The Bertz CT molecular complexity index is 716. The van der Waals surface area contributed by atoms with E-state index in [4.69, 9.17) is 16.3 Å². The average molecular weight is 302 g/mol. The molecule has 0 spiro atoms. The topological polar surface area (TPSA) is 31.2 Å². The Morgan fingerprint density at radius 3 is 3.05 bits per heavy atom. The van der Waals surface area contributed by atoms with Crippen molar-refractivity contribution in [3.05, 3.63) is 52.3 Å². The fourth-order valence-electron chi connectivity index (χ4n) is 2.93. The number of aromatic nitrogens is 1. The first-order chi connectivity index (χ1) is 10.2. The second-order valence-corrected chi connectivity index (χ2v) is 6.30. The highest BCUT2D eigenvalue weighted by Crippen LogP contribution is 2.34. The smallest absolute Gasteiger partial charge is 0.167 e. The number of ketones is 1. The van der Waals surface area contributed by atoms with E-state index in [-0.39, 0.29) is 11.7 Å². The fraction of sp³-hybridized carbons (Fsp3) is 0.353. The minimum Gasteiger partial charge on any atom is -0.493 e. The van der Waals surface area contributed by atoms with Gasteiger partial charge in [-0.3, -0.25) is 4.79 Å². The molecule has 1 aliphatic carbocycles. The summed E-state index contributed by atoms with van der Waals surface area (Å²) in [7, 11) is 0. The molecule has 1 saturated carbocycles. The first-order valence-corrected chi connectivity index (χ1v) is 7.72. The molecule has 4 heteroatoms. The van der Waals surface area contributed by atoms with Crippen LogP contribution in [0.3, 0.4) is 0 Å². The van der Waals surface area contributed by atoms with Crippen molar-refractivity contribution in [3.8, 4) is 5.75 Å². The van der Waals surface area contributed by atoms with E-state index in [9.17, 15) is 4.79 Å². The summed E-state index contributed by atoms with van der Waals surface area (Å²) < 4.78 is 7.75. The molecule has 0 bridgehead atoms. The number of fused-ring (bicyclic) bond motifs is 1. The summed E-state index contributed by atoms with van der Waals surface area (Å²) in [4.78, 5) is 12.1. The molecule has 21 heavy (non-hydrogen) atoms. The van der Waals surface area contributed by atoms with Crippen LogP contribution >= 0.6 is 11.6 Å². The van der Waals surface area contributed by atoms with Gasteiger partial charge in [0.15, 0.2) is 5.78 Å². The zero-order valence-electron chi connectivity index (χ0n) is 11.6. The normalized spacial score (nSPS) is 16.6. The van der Waals surface area contributed by atoms with Crippen LogP contribution in [-0.4, -0.2) is 17.0 Å². The van der Waals surface area contributed by atoms with Gasteiger partial charge in [0.05, 0.1) is 13.2 Å². The van der Waals surface area contributed by atoms with Crippen LogP contribution in [-0.2, 0) is 13.0 Å². The molecule has 108 valence electrons. The van der Waals surface area contributed by atoms with E-state index in [1.807, 2.05) is 35.2 Å². The maximum absolute atomic E-state index is 12.1. The van der Waals surface area contributed by atoms with Gasteiger partial charge in [-0.15, -0.1) is 0 Å². The summed E-state index contributed by atoms with van der Waals surface area (Å²) in [5.41, 5.74) is 3.08. The van der Waals surface area contributed by atoms with E-state index in [0.29, 0.717) is 6.54 Å². The van der Waals surface area contributed by atoms with Crippen molar-refractivity contribution in [2.45, 2.75) is 25.8 Å². The van der Waals surface area contributed by atoms with Gasteiger partial charge in [-0.2, -0.15) is 0 Å². The zero-order valence-corrected chi connectivity index (χ0v) is 12.4. The summed E-state index contributed by atoms with van der Waals surface area (Å²) in [6, 6.07) is 5.84. The number of ether oxygens (including phenoxy) is 1. The van der Waals surface area contributed by atoms with Crippen molar-refractivity contribution in [2.75, 3.05) is 6.61 Å². The van der Waals surface area contributed by atoms with Crippen molar-refractivity contribution < 1.29 is 9.53 Å². The van der Waals surface area contributed by atoms with Crippen molar-refractivity contribution in [1.82, 2.24) is 4.57 Å². The van der Waals surface area contributed by atoms with Gasteiger partial charge in [-0.1, -0.05) is 11.6 Å². The Balaban J connectivity index is 1.60. The van der Waals surface area contributed by atoms with Gasteiger partial charge in [0.25, 0.3) is 0 Å². The number of halogens is 1. The van der Waals surface area contributed by atoms with Crippen LogP contribution in [0.25, 0.3) is 0 Å². The van der Waals surface area contributed by atoms with Crippen LogP contribution in [0.15, 0.2) is 30.6 Å². The Kier molecular flexibility index (Phi) is 3.03. The summed E-state index contributed by atoms with van der Waals surface area (Å²) in [6.45, 7) is 1.40.